The summed E-state index contributed by atoms with van der Waals surface area (Å²) in [6.07, 6.45) is 1.72. The lowest BCUT2D eigenvalue weighted by atomic mass is 10.2. The molecule has 0 bridgehead atoms. The van der Waals surface area contributed by atoms with Crippen LogP contribution in [0.25, 0.3) is 0 Å². The molecule has 0 aliphatic carbocycles. The molecule has 0 heterocycles. The zero-order valence-corrected chi connectivity index (χ0v) is 13.6. The van der Waals surface area contributed by atoms with E-state index in [9.17, 15) is 0 Å². The van der Waals surface area contributed by atoms with Crippen molar-refractivity contribution in [2.24, 2.45) is 0 Å². The van der Waals surface area contributed by atoms with Crippen molar-refractivity contribution in [1.82, 2.24) is 0 Å². The minimum Gasteiger partial charge on any atom is -0.358 e. The summed E-state index contributed by atoms with van der Waals surface area (Å²) >= 11 is 0. The van der Waals surface area contributed by atoms with Gasteiger partial charge in [-0.3, -0.25) is 10.4 Å². The second-order valence-electron chi connectivity index (χ2n) is 5.25. The highest BCUT2D eigenvalue weighted by molar-refractivity contribution is 5.65. The molecule has 2 rings (SSSR count). The molecule has 0 aliphatic rings. The largest absolute Gasteiger partial charge is 0.358 e. The van der Waals surface area contributed by atoms with Gasteiger partial charge in [-0.2, -0.15) is 0 Å². The van der Waals surface area contributed by atoms with E-state index in [-0.39, 0.29) is 11.5 Å². The molecule has 5 heteroatoms. The van der Waals surface area contributed by atoms with E-state index in [1.807, 2.05) is 42.5 Å². The van der Waals surface area contributed by atoms with Crippen LogP contribution >= 0.6 is 0 Å². The predicted molar refractivity (Wildman–Crippen MR) is 91.4 cm³/mol. The molecule has 5 nitrogen and oxygen atoms in total. The van der Waals surface area contributed by atoms with Gasteiger partial charge in [0.25, 0.3) is 0 Å². The highest BCUT2D eigenvalue weighted by Crippen LogP contribution is 2.30. The fraction of sp³-hybridized carbons (Fsp3) is 0.333. The molecule has 0 radical (unpaired) electrons. The van der Waals surface area contributed by atoms with Crippen molar-refractivity contribution in [1.29, 1.82) is 0 Å². The number of nitrogens with zero attached hydrogens (tertiary/aromatic N) is 2. The van der Waals surface area contributed by atoms with Crippen LogP contribution in [0.4, 0.5) is 17.1 Å². The molecule has 1 unspecified atom stereocenters. The molecular formula is C18H24N2O3. The lowest BCUT2D eigenvalue weighted by Gasteiger charge is -2.33. The van der Waals surface area contributed by atoms with E-state index in [4.69, 9.17) is 15.2 Å². The average molecular weight is 316 g/mol. The van der Waals surface area contributed by atoms with Gasteiger partial charge in [-0.1, -0.05) is 32.0 Å². The summed E-state index contributed by atoms with van der Waals surface area (Å²) in [5, 5.41) is 18.3. The lowest BCUT2D eigenvalue weighted by Crippen LogP contribution is -2.33. The molecule has 0 aliphatic heterocycles. The first-order valence-corrected chi connectivity index (χ1v) is 7.91. The minimum absolute atomic E-state index is 0.0810. The number of hydrogen-bond acceptors (Lipinski definition) is 5. The Bertz CT molecular complexity index is 573. The zero-order chi connectivity index (χ0) is 16.7. The quantitative estimate of drug-likeness (QED) is 0.552. The van der Waals surface area contributed by atoms with E-state index >= 15 is 0 Å². The smallest absolute Gasteiger partial charge is 0.134 e. The molecule has 0 spiro atoms. The average Bonchev–Trinajstić information content (AvgIpc) is 2.59. The van der Waals surface area contributed by atoms with Crippen molar-refractivity contribution in [3.05, 3.63) is 54.6 Å². The standard InChI is InChI=1S/C18H24N2O3/c1-3-14-23-18(4-2)19(15-8-6-5-7-9-15)16-10-12-17(13-11-16)20(21)22/h5-13,18,21-22H,3-4,14H2,1-2H3. The number of hydrogen-bond donors (Lipinski definition) is 2. The molecule has 1 atom stereocenters. The highest BCUT2D eigenvalue weighted by atomic mass is 16.8. The molecule has 2 N–H and O–H groups in total. The third-order valence-corrected chi connectivity index (χ3v) is 3.54. The van der Waals surface area contributed by atoms with Crippen LogP contribution in [0.1, 0.15) is 26.7 Å². The van der Waals surface area contributed by atoms with Gasteiger partial charge in [0.2, 0.25) is 0 Å². The van der Waals surface area contributed by atoms with Crippen LogP contribution in [0.15, 0.2) is 54.6 Å². The summed E-state index contributed by atoms with van der Waals surface area (Å²) in [4.78, 5) is 2.12. The Morgan fingerprint density at radius 3 is 1.96 bits per heavy atom. The molecule has 0 saturated carbocycles. The summed E-state index contributed by atoms with van der Waals surface area (Å²) in [5.74, 6) is 0. The van der Waals surface area contributed by atoms with Crippen LogP contribution in [0.3, 0.4) is 0 Å². The number of ether oxygens (including phenoxy) is 1. The molecule has 0 aromatic heterocycles. The summed E-state index contributed by atoms with van der Waals surface area (Å²) < 4.78 is 6.01. The van der Waals surface area contributed by atoms with Gasteiger partial charge >= 0.3 is 0 Å². The number of benzene rings is 2. The van der Waals surface area contributed by atoms with Crippen LogP contribution in [0, 0.1) is 0 Å². The third kappa shape index (κ3) is 4.45. The summed E-state index contributed by atoms with van der Waals surface area (Å²) in [5.41, 5.74) is 2.28. The molecule has 0 amide bonds. The van der Waals surface area contributed by atoms with E-state index in [0.717, 1.165) is 24.2 Å². The first kappa shape index (κ1) is 17.3. The van der Waals surface area contributed by atoms with Gasteiger partial charge in [0.05, 0.1) is 5.69 Å². The fourth-order valence-electron chi connectivity index (χ4n) is 2.45. The maximum absolute atomic E-state index is 9.09. The molecule has 2 aromatic rings. The van der Waals surface area contributed by atoms with Crippen molar-refractivity contribution in [3.63, 3.8) is 0 Å². The lowest BCUT2D eigenvalue weighted by molar-refractivity contribution is 0.0291. The van der Waals surface area contributed by atoms with Gasteiger partial charge in [-0.05, 0) is 49.2 Å². The molecule has 2 aromatic carbocycles. The van der Waals surface area contributed by atoms with E-state index in [1.165, 1.54) is 0 Å². The van der Waals surface area contributed by atoms with Gasteiger partial charge in [0, 0.05) is 18.0 Å². The monoisotopic (exact) mass is 316 g/mol. The number of anilines is 3. The SMILES string of the molecule is CCCOC(CC)N(c1ccccc1)c1ccc(N(O)O)cc1. The van der Waals surface area contributed by atoms with Crippen molar-refractivity contribution in [2.45, 2.75) is 32.9 Å². The van der Waals surface area contributed by atoms with E-state index < -0.39 is 0 Å². The second-order valence-corrected chi connectivity index (χ2v) is 5.25. The minimum atomic E-state index is -0.0810. The molecule has 0 saturated heterocycles. The summed E-state index contributed by atoms with van der Waals surface area (Å²) in [7, 11) is 0. The zero-order valence-electron chi connectivity index (χ0n) is 13.6. The molecule has 0 fully saturated rings. The van der Waals surface area contributed by atoms with E-state index in [0.29, 0.717) is 12.3 Å². The maximum Gasteiger partial charge on any atom is 0.134 e. The van der Waals surface area contributed by atoms with Gasteiger partial charge in [0.15, 0.2) is 0 Å². The van der Waals surface area contributed by atoms with Gasteiger partial charge < -0.3 is 9.64 Å². The second kappa shape index (κ2) is 8.53. The van der Waals surface area contributed by atoms with E-state index in [1.54, 1.807) is 12.1 Å². The Kier molecular flexibility index (Phi) is 6.40. The highest BCUT2D eigenvalue weighted by Gasteiger charge is 2.20. The summed E-state index contributed by atoms with van der Waals surface area (Å²) in [6.45, 7) is 4.88. The molecular weight excluding hydrogens is 292 g/mol. The topological polar surface area (TPSA) is 56.2 Å². The Hall–Kier alpha value is -2.08. The van der Waals surface area contributed by atoms with Crippen molar-refractivity contribution in [3.8, 4) is 0 Å². The number of para-hydroxylation sites is 1. The number of rotatable bonds is 8. The third-order valence-electron chi connectivity index (χ3n) is 3.54. The Morgan fingerprint density at radius 1 is 0.870 bits per heavy atom. The van der Waals surface area contributed by atoms with Crippen LogP contribution in [-0.2, 0) is 4.74 Å². The van der Waals surface area contributed by atoms with Crippen molar-refractivity contribution >= 4 is 17.1 Å². The Balaban J connectivity index is 2.36. The Morgan fingerprint density at radius 2 is 1.43 bits per heavy atom. The molecule has 23 heavy (non-hydrogen) atoms. The van der Waals surface area contributed by atoms with Gasteiger partial charge in [-0.15, -0.1) is 5.23 Å². The van der Waals surface area contributed by atoms with Crippen LogP contribution in [0.2, 0.25) is 0 Å². The van der Waals surface area contributed by atoms with Crippen LogP contribution < -0.4 is 10.1 Å². The van der Waals surface area contributed by atoms with Crippen LogP contribution in [0.5, 0.6) is 0 Å². The maximum atomic E-state index is 9.09. The first-order valence-electron chi connectivity index (χ1n) is 7.91. The molecule has 124 valence electrons. The predicted octanol–water partition coefficient (Wildman–Crippen LogP) is 4.57. The van der Waals surface area contributed by atoms with Gasteiger partial charge in [-0.25, -0.2) is 0 Å². The van der Waals surface area contributed by atoms with Crippen molar-refractivity contribution < 1.29 is 15.2 Å². The van der Waals surface area contributed by atoms with Crippen molar-refractivity contribution in [2.75, 3.05) is 16.7 Å². The first-order chi connectivity index (χ1) is 11.2. The van der Waals surface area contributed by atoms with Gasteiger partial charge in [0.1, 0.15) is 6.23 Å². The summed E-state index contributed by atoms with van der Waals surface area (Å²) in [6, 6.07) is 17.0. The Labute approximate surface area is 137 Å². The fourth-order valence-corrected chi connectivity index (χ4v) is 2.45. The normalized spacial score (nSPS) is 12.0. The van der Waals surface area contributed by atoms with Crippen LogP contribution in [-0.4, -0.2) is 23.2 Å². The van der Waals surface area contributed by atoms with E-state index in [2.05, 4.69) is 18.7 Å².